The zero-order valence-corrected chi connectivity index (χ0v) is 13.6. The number of nitrogens with zero attached hydrogens (tertiary/aromatic N) is 2. The number of carbonyl (C=O) groups is 1. The molecule has 0 saturated heterocycles. The average molecular weight is 334 g/mol. The number of carbonyl (C=O) groups excluding carboxylic acids is 1. The van der Waals surface area contributed by atoms with E-state index in [4.69, 9.17) is 11.6 Å². The van der Waals surface area contributed by atoms with Crippen molar-refractivity contribution in [3.63, 3.8) is 0 Å². The summed E-state index contributed by atoms with van der Waals surface area (Å²) in [5, 5.41) is 17.3. The van der Waals surface area contributed by atoms with E-state index in [0.29, 0.717) is 10.8 Å². The molecule has 2 aromatic rings. The van der Waals surface area contributed by atoms with Crippen LogP contribution in [0.4, 0.5) is 11.5 Å². The normalized spacial score (nSPS) is 15.9. The summed E-state index contributed by atoms with van der Waals surface area (Å²) in [6.07, 6.45) is 6.89. The van der Waals surface area contributed by atoms with Crippen molar-refractivity contribution in [3.05, 3.63) is 35.0 Å². The van der Waals surface area contributed by atoms with E-state index in [1.165, 1.54) is 25.7 Å². The molecule has 1 fully saturated rings. The Labute approximate surface area is 140 Å². The third-order valence-corrected chi connectivity index (χ3v) is 4.31. The Bertz CT molecular complexity index is 647. The van der Waals surface area contributed by atoms with Gasteiger partial charge in [-0.05, 0) is 37.1 Å². The van der Waals surface area contributed by atoms with E-state index in [1.54, 1.807) is 12.1 Å². The fourth-order valence-electron chi connectivity index (χ4n) is 2.82. The van der Waals surface area contributed by atoms with Gasteiger partial charge in [0.2, 0.25) is 0 Å². The van der Waals surface area contributed by atoms with Gasteiger partial charge < -0.3 is 10.6 Å². The van der Waals surface area contributed by atoms with E-state index < -0.39 is 0 Å². The van der Waals surface area contributed by atoms with Gasteiger partial charge in [0.25, 0.3) is 5.91 Å². The molecular weight excluding hydrogens is 314 g/mol. The molecule has 1 heterocycles. The zero-order valence-electron chi connectivity index (χ0n) is 12.8. The number of amides is 1. The Hall–Kier alpha value is -2.08. The third kappa shape index (κ3) is 4.22. The molecule has 1 aliphatic carbocycles. The van der Waals surface area contributed by atoms with Crippen LogP contribution in [0, 0.1) is 0 Å². The van der Waals surface area contributed by atoms with E-state index in [2.05, 4.69) is 26.0 Å². The van der Waals surface area contributed by atoms with Crippen molar-refractivity contribution in [3.8, 4) is 0 Å². The van der Waals surface area contributed by atoms with Crippen molar-refractivity contribution in [2.75, 3.05) is 5.32 Å². The number of halogens is 1. The van der Waals surface area contributed by atoms with Gasteiger partial charge in [0, 0.05) is 16.8 Å². The maximum absolute atomic E-state index is 12.5. The molecule has 23 heavy (non-hydrogen) atoms. The van der Waals surface area contributed by atoms with Crippen LogP contribution in [0.15, 0.2) is 24.3 Å². The molecule has 7 heteroatoms. The summed E-state index contributed by atoms with van der Waals surface area (Å²) < 4.78 is 0. The van der Waals surface area contributed by atoms with Gasteiger partial charge in [-0.15, -0.1) is 10.2 Å². The van der Waals surface area contributed by atoms with Crippen molar-refractivity contribution >= 4 is 29.0 Å². The van der Waals surface area contributed by atoms with Crippen LogP contribution in [0.5, 0.6) is 0 Å². The molecule has 1 saturated carbocycles. The van der Waals surface area contributed by atoms with Crippen LogP contribution in [0.3, 0.4) is 0 Å². The fourth-order valence-corrected chi connectivity index (χ4v) is 2.95. The highest BCUT2D eigenvalue weighted by molar-refractivity contribution is 6.30. The maximum Gasteiger partial charge on any atom is 0.275 e. The summed E-state index contributed by atoms with van der Waals surface area (Å²) in [4.78, 5) is 12.5. The number of benzene rings is 1. The highest BCUT2D eigenvalue weighted by Gasteiger charge is 2.21. The van der Waals surface area contributed by atoms with Crippen molar-refractivity contribution < 1.29 is 4.79 Å². The summed E-state index contributed by atoms with van der Waals surface area (Å²) in [6.45, 7) is 0. The Morgan fingerprint density at radius 2 is 1.78 bits per heavy atom. The van der Waals surface area contributed by atoms with E-state index in [-0.39, 0.29) is 17.6 Å². The van der Waals surface area contributed by atoms with Crippen molar-refractivity contribution in [1.29, 1.82) is 0 Å². The molecule has 3 N–H and O–H groups in total. The molecule has 0 bridgehead atoms. The van der Waals surface area contributed by atoms with Gasteiger partial charge in [-0.25, -0.2) is 0 Å². The summed E-state index contributed by atoms with van der Waals surface area (Å²) in [5.74, 6) is 0.223. The summed E-state index contributed by atoms with van der Waals surface area (Å²) >= 11 is 5.87. The first-order valence-electron chi connectivity index (χ1n) is 7.96. The number of nitrogens with one attached hydrogen (secondary N) is 3. The van der Waals surface area contributed by atoms with Crippen LogP contribution in [0.2, 0.25) is 5.02 Å². The number of anilines is 2. The summed E-state index contributed by atoms with van der Waals surface area (Å²) in [6, 6.07) is 7.42. The lowest BCUT2D eigenvalue weighted by Crippen LogP contribution is -2.35. The Morgan fingerprint density at radius 3 is 2.48 bits per heavy atom. The first-order valence-corrected chi connectivity index (χ1v) is 8.34. The first kappa shape index (κ1) is 15.8. The van der Waals surface area contributed by atoms with Crippen LogP contribution >= 0.6 is 11.6 Å². The molecule has 0 aliphatic heterocycles. The predicted molar refractivity (Wildman–Crippen MR) is 90.1 cm³/mol. The quantitative estimate of drug-likeness (QED) is 0.746. The first-order chi connectivity index (χ1) is 11.2. The molecule has 0 atom stereocenters. The van der Waals surface area contributed by atoms with Gasteiger partial charge in [-0.2, -0.15) is 5.21 Å². The molecule has 0 unspecified atom stereocenters. The van der Waals surface area contributed by atoms with Gasteiger partial charge in [0.15, 0.2) is 11.5 Å². The number of hydrogen-bond donors (Lipinski definition) is 3. The molecular formula is C16H20ClN5O. The van der Waals surface area contributed by atoms with Crippen molar-refractivity contribution in [1.82, 2.24) is 20.7 Å². The van der Waals surface area contributed by atoms with Crippen LogP contribution in [-0.2, 0) is 0 Å². The van der Waals surface area contributed by atoms with Crippen molar-refractivity contribution in [2.24, 2.45) is 0 Å². The van der Waals surface area contributed by atoms with Crippen LogP contribution in [0.25, 0.3) is 0 Å². The van der Waals surface area contributed by atoms with E-state index in [9.17, 15) is 4.79 Å². The number of rotatable bonds is 4. The smallest absolute Gasteiger partial charge is 0.275 e. The fraction of sp³-hybridized carbons (Fsp3) is 0.438. The summed E-state index contributed by atoms with van der Waals surface area (Å²) in [7, 11) is 0. The standard InChI is InChI=1S/C16H20ClN5O/c17-11-7-9-13(10-8-11)18-15-14(20-22-21-15)16(23)19-12-5-3-1-2-4-6-12/h7-10,12H,1-6H2,(H,19,23)(H2,18,20,21,22). The van der Waals surface area contributed by atoms with Gasteiger partial charge in [-0.1, -0.05) is 37.3 Å². The number of aromatic amines is 1. The van der Waals surface area contributed by atoms with E-state index in [0.717, 1.165) is 18.5 Å². The number of hydrogen-bond acceptors (Lipinski definition) is 4. The monoisotopic (exact) mass is 333 g/mol. The maximum atomic E-state index is 12.5. The lowest BCUT2D eigenvalue weighted by atomic mass is 10.1. The lowest BCUT2D eigenvalue weighted by molar-refractivity contribution is 0.0929. The number of H-pyrrole nitrogens is 1. The van der Waals surface area contributed by atoms with Crippen LogP contribution < -0.4 is 10.6 Å². The van der Waals surface area contributed by atoms with Gasteiger partial charge in [-0.3, -0.25) is 4.79 Å². The average Bonchev–Trinajstić information content (AvgIpc) is 2.85. The minimum atomic E-state index is -0.192. The highest BCUT2D eigenvalue weighted by atomic mass is 35.5. The zero-order chi connectivity index (χ0) is 16.1. The van der Waals surface area contributed by atoms with E-state index >= 15 is 0 Å². The molecule has 3 rings (SSSR count). The second-order valence-electron chi connectivity index (χ2n) is 5.81. The minimum Gasteiger partial charge on any atom is -0.348 e. The van der Waals surface area contributed by atoms with Gasteiger partial charge >= 0.3 is 0 Å². The summed E-state index contributed by atoms with van der Waals surface area (Å²) in [5.41, 5.74) is 1.08. The Kier molecular flexibility index (Phi) is 5.12. The lowest BCUT2D eigenvalue weighted by Gasteiger charge is -2.15. The molecule has 0 radical (unpaired) electrons. The SMILES string of the molecule is O=C(NC1CCCCCC1)c1n[nH]nc1Nc1ccc(Cl)cc1. The molecule has 6 nitrogen and oxygen atoms in total. The minimum absolute atomic E-state index is 0.192. The molecule has 1 amide bonds. The van der Waals surface area contributed by atoms with E-state index in [1.807, 2.05) is 12.1 Å². The third-order valence-electron chi connectivity index (χ3n) is 4.06. The molecule has 122 valence electrons. The topological polar surface area (TPSA) is 82.7 Å². The Balaban J connectivity index is 1.67. The molecule has 1 aromatic heterocycles. The number of aromatic nitrogens is 3. The largest absolute Gasteiger partial charge is 0.348 e. The van der Waals surface area contributed by atoms with Gasteiger partial charge in [0.1, 0.15) is 0 Å². The molecule has 0 spiro atoms. The predicted octanol–water partition coefficient (Wildman–Crippen LogP) is 3.65. The Morgan fingerprint density at radius 1 is 1.09 bits per heavy atom. The van der Waals surface area contributed by atoms with Crippen molar-refractivity contribution in [2.45, 2.75) is 44.6 Å². The van der Waals surface area contributed by atoms with Gasteiger partial charge in [0.05, 0.1) is 0 Å². The van der Waals surface area contributed by atoms with Crippen LogP contribution in [-0.4, -0.2) is 27.4 Å². The van der Waals surface area contributed by atoms with Crippen LogP contribution in [0.1, 0.15) is 49.0 Å². The second-order valence-corrected chi connectivity index (χ2v) is 6.25. The molecule has 1 aromatic carbocycles. The second kappa shape index (κ2) is 7.46. The highest BCUT2D eigenvalue weighted by Crippen LogP contribution is 2.21. The molecule has 1 aliphatic rings.